The molecule has 0 spiro atoms. The van der Waals surface area contributed by atoms with Crippen molar-refractivity contribution in [3.63, 3.8) is 0 Å². The Morgan fingerprint density at radius 3 is 2.38 bits per heavy atom. The Morgan fingerprint density at radius 2 is 1.94 bits per heavy atom. The molecule has 0 fully saturated rings. The lowest BCUT2D eigenvalue weighted by molar-refractivity contribution is -0.141. The number of unbranched alkanes of at least 4 members (excludes halogenated alkanes) is 4. The van der Waals surface area contributed by atoms with Crippen LogP contribution in [0.1, 0.15) is 45.4 Å². The summed E-state index contributed by atoms with van der Waals surface area (Å²) in [5.41, 5.74) is 5.27. The topological polar surface area (TPSA) is 90.4 Å². The zero-order valence-electron chi connectivity index (χ0n) is 10.2. The molecule has 1 atom stereocenters. The second-order valence-corrected chi connectivity index (χ2v) is 4.05. The van der Waals surface area contributed by atoms with Crippen molar-refractivity contribution in [1.29, 1.82) is 5.41 Å². The van der Waals surface area contributed by atoms with Crippen molar-refractivity contribution in [2.75, 3.05) is 7.05 Å². The van der Waals surface area contributed by atoms with Crippen LogP contribution >= 0.6 is 0 Å². The second kappa shape index (κ2) is 7.96. The fraction of sp³-hybridized carbons (Fsp3) is 0.818. The molecule has 0 rings (SSSR count). The quantitative estimate of drug-likeness (QED) is 0.335. The minimum absolute atomic E-state index is 0.194. The molecule has 0 saturated heterocycles. The van der Waals surface area contributed by atoms with E-state index in [2.05, 4.69) is 6.92 Å². The Labute approximate surface area is 97.1 Å². The van der Waals surface area contributed by atoms with Crippen LogP contribution in [0.4, 0.5) is 0 Å². The number of hydrogen-bond donors (Lipinski definition) is 3. The number of nitrogens with zero attached hydrogens (tertiary/aromatic N) is 1. The molecule has 0 radical (unpaired) electrons. The fourth-order valence-corrected chi connectivity index (χ4v) is 1.59. The van der Waals surface area contributed by atoms with Gasteiger partial charge in [0.25, 0.3) is 0 Å². The van der Waals surface area contributed by atoms with Gasteiger partial charge in [-0.3, -0.25) is 5.41 Å². The number of carbonyl (C=O) groups is 1. The molecule has 16 heavy (non-hydrogen) atoms. The van der Waals surface area contributed by atoms with Gasteiger partial charge >= 0.3 is 5.97 Å². The number of likely N-dealkylation sites (N-methyl/N-ethyl adjacent to an activating group) is 1. The van der Waals surface area contributed by atoms with Crippen LogP contribution in [0, 0.1) is 5.41 Å². The summed E-state index contributed by atoms with van der Waals surface area (Å²) in [6.07, 6.45) is 5.98. The van der Waals surface area contributed by atoms with Crippen LogP contribution in [0.15, 0.2) is 0 Å². The average molecular weight is 229 g/mol. The smallest absolute Gasteiger partial charge is 0.326 e. The highest BCUT2D eigenvalue weighted by atomic mass is 16.4. The summed E-state index contributed by atoms with van der Waals surface area (Å²) < 4.78 is 0. The summed E-state index contributed by atoms with van der Waals surface area (Å²) in [5, 5.41) is 16.2. The Kier molecular flexibility index (Phi) is 7.33. The zero-order valence-corrected chi connectivity index (χ0v) is 10.2. The zero-order chi connectivity index (χ0) is 12.6. The Hall–Kier alpha value is -1.26. The summed E-state index contributed by atoms with van der Waals surface area (Å²) in [5.74, 6) is -1.10. The van der Waals surface area contributed by atoms with Crippen molar-refractivity contribution in [3.8, 4) is 0 Å². The van der Waals surface area contributed by atoms with Gasteiger partial charge < -0.3 is 15.7 Å². The number of rotatable bonds is 8. The highest BCUT2D eigenvalue weighted by molar-refractivity contribution is 5.82. The maximum absolute atomic E-state index is 11.0. The molecule has 0 aromatic heterocycles. The van der Waals surface area contributed by atoms with Crippen LogP contribution in [0.3, 0.4) is 0 Å². The van der Waals surface area contributed by atoms with Gasteiger partial charge in [0.2, 0.25) is 0 Å². The van der Waals surface area contributed by atoms with E-state index in [9.17, 15) is 4.79 Å². The van der Waals surface area contributed by atoms with Crippen LogP contribution < -0.4 is 5.73 Å². The lowest BCUT2D eigenvalue weighted by Crippen LogP contribution is -2.45. The first-order valence-electron chi connectivity index (χ1n) is 5.80. The Morgan fingerprint density at radius 1 is 1.38 bits per heavy atom. The van der Waals surface area contributed by atoms with Crippen molar-refractivity contribution in [2.24, 2.45) is 5.73 Å². The van der Waals surface area contributed by atoms with Crippen molar-refractivity contribution in [1.82, 2.24) is 4.90 Å². The molecule has 0 amide bonds. The van der Waals surface area contributed by atoms with Gasteiger partial charge in [-0.1, -0.05) is 39.0 Å². The molecule has 0 aromatic rings. The van der Waals surface area contributed by atoms with Gasteiger partial charge in [0.1, 0.15) is 6.04 Å². The molecule has 94 valence electrons. The molecule has 0 aromatic carbocycles. The fourth-order valence-electron chi connectivity index (χ4n) is 1.59. The number of nitrogens with two attached hydrogens (primary N) is 1. The third kappa shape index (κ3) is 5.58. The van der Waals surface area contributed by atoms with Crippen molar-refractivity contribution in [2.45, 2.75) is 51.5 Å². The summed E-state index contributed by atoms with van der Waals surface area (Å²) in [7, 11) is 1.55. The molecule has 0 heterocycles. The molecule has 0 saturated carbocycles. The van der Waals surface area contributed by atoms with E-state index in [1.165, 1.54) is 17.7 Å². The molecular weight excluding hydrogens is 206 g/mol. The third-order valence-corrected chi connectivity index (χ3v) is 2.71. The molecule has 1 unspecified atom stereocenters. The first kappa shape index (κ1) is 14.7. The van der Waals surface area contributed by atoms with Gasteiger partial charge in [-0.05, 0) is 6.42 Å². The first-order chi connectivity index (χ1) is 7.50. The number of nitrogens with one attached hydrogen (secondary N) is 1. The minimum atomic E-state index is -0.909. The average Bonchev–Trinajstić information content (AvgIpc) is 2.21. The van der Waals surface area contributed by atoms with Crippen LogP contribution in [0.2, 0.25) is 0 Å². The molecule has 5 heteroatoms. The highest BCUT2D eigenvalue weighted by Gasteiger charge is 2.22. The monoisotopic (exact) mass is 229 g/mol. The predicted octanol–water partition coefficient (Wildman–Crippen LogP) is 1.63. The van der Waals surface area contributed by atoms with E-state index >= 15 is 0 Å². The maximum Gasteiger partial charge on any atom is 0.326 e. The van der Waals surface area contributed by atoms with E-state index in [4.69, 9.17) is 16.2 Å². The maximum atomic E-state index is 11.0. The second-order valence-electron chi connectivity index (χ2n) is 4.05. The van der Waals surface area contributed by atoms with Crippen molar-refractivity contribution in [3.05, 3.63) is 0 Å². The summed E-state index contributed by atoms with van der Waals surface area (Å²) in [4.78, 5) is 12.3. The molecular formula is C11H23N3O2. The standard InChI is InChI=1S/C11H23N3O2/c1-3-4-5-6-7-8-9(10(15)16)14(2)11(12)13/h9H,3-8H2,1-2H3,(H3,12,13)(H,15,16). The van der Waals surface area contributed by atoms with Gasteiger partial charge in [-0.2, -0.15) is 0 Å². The lowest BCUT2D eigenvalue weighted by atomic mass is 10.1. The number of carboxylic acids is 1. The molecule has 4 N–H and O–H groups in total. The first-order valence-corrected chi connectivity index (χ1v) is 5.80. The SMILES string of the molecule is CCCCCCCC(C(=O)O)N(C)C(=N)N. The van der Waals surface area contributed by atoms with E-state index in [0.29, 0.717) is 6.42 Å². The van der Waals surface area contributed by atoms with Crippen molar-refractivity contribution < 1.29 is 9.90 Å². The summed E-state index contributed by atoms with van der Waals surface area (Å²) in [6.45, 7) is 2.14. The number of aliphatic carboxylic acids is 1. The summed E-state index contributed by atoms with van der Waals surface area (Å²) in [6, 6.07) is -0.667. The van der Waals surface area contributed by atoms with Gasteiger partial charge in [0.15, 0.2) is 5.96 Å². The number of guanidine groups is 1. The molecule has 0 aliphatic heterocycles. The third-order valence-electron chi connectivity index (χ3n) is 2.71. The largest absolute Gasteiger partial charge is 0.480 e. The number of carboxylic acid groups (broad SMARTS) is 1. The lowest BCUT2D eigenvalue weighted by Gasteiger charge is -2.24. The van der Waals surface area contributed by atoms with Gasteiger partial charge in [0, 0.05) is 7.05 Å². The molecule has 0 aliphatic rings. The van der Waals surface area contributed by atoms with Gasteiger partial charge in [-0.25, -0.2) is 4.79 Å². The molecule has 0 aliphatic carbocycles. The van der Waals surface area contributed by atoms with Crippen LogP contribution in [-0.4, -0.2) is 35.0 Å². The highest BCUT2D eigenvalue weighted by Crippen LogP contribution is 2.10. The van der Waals surface area contributed by atoms with Crippen LogP contribution in [0.5, 0.6) is 0 Å². The predicted molar refractivity (Wildman–Crippen MR) is 64.5 cm³/mol. The van der Waals surface area contributed by atoms with E-state index in [-0.39, 0.29) is 5.96 Å². The normalized spacial score (nSPS) is 12.1. The summed E-state index contributed by atoms with van der Waals surface area (Å²) >= 11 is 0. The number of hydrogen-bond acceptors (Lipinski definition) is 2. The minimum Gasteiger partial charge on any atom is -0.480 e. The van der Waals surface area contributed by atoms with Gasteiger partial charge in [-0.15, -0.1) is 0 Å². The Bertz CT molecular complexity index is 231. The van der Waals surface area contributed by atoms with Gasteiger partial charge in [0.05, 0.1) is 0 Å². The Balaban J connectivity index is 3.96. The van der Waals surface area contributed by atoms with E-state index in [1.54, 1.807) is 7.05 Å². The van der Waals surface area contributed by atoms with E-state index in [0.717, 1.165) is 19.3 Å². The van der Waals surface area contributed by atoms with E-state index in [1.807, 2.05) is 0 Å². The van der Waals surface area contributed by atoms with E-state index < -0.39 is 12.0 Å². The molecule has 5 nitrogen and oxygen atoms in total. The molecule has 0 bridgehead atoms. The van der Waals surface area contributed by atoms with Crippen LogP contribution in [-0.2, 0) is 4.79 Å². The van der Waals surface area contributed by atoms with Crippen LogP contribution in [0.25, 0.3) is 0 Å². The van der Waals surface area contributed by atoms with Crippen molar-refractivity contribution >= 4 is 11.9 Å².